The van der Waals surface area contributed by atoms with Crippen molar-refractivity contribution in [2.75, 3.05) is 13.2 Å². The lowest BCUT2D eigenvalue weighted by atomic mass is 10.0. The molecule has 1 unspecified atom stereocenters. The molecule has 2 rings (SSSR count). The number of aryl methyl sites for hydroxylation is 1. The van der Waals surface area contributed by atoms with Gasteiger partial charge in [-0.25, -0.2) is 4.98 Å². The van der Waals surface area contributed by atoms with Gasteiger partial charge in [-0.3, -0.25) is 0 Å². The SMILES string of the molecule is Cc1ncnc(OCCC2CCCCN2)c1F. The third-order valence-corrected chi connectivity index (χ3v) is 3.05. The molecule has 1 fully saturated rings. The zero-order valence-electron chi connectivity index (χ0n) is 10.1. The average Bonchev–Trinajstić information content (AvgIpc) is 2.36. The minimum Gasteiger partial charge on any atom is -0.475 e. The monoisotopic (exact) mass is 239 g/mol. The molecule has 0 aliphatic carbocycles. The van der Waals surface area contributed by atoms with Crippen LogP contribution < -0.4 is 10.1 Å². The van der Waals surface area contributed by atoms with E-state index < -0.39 is 5.82 Å². The number of halogens is 1. The molecule has 0 spiro atoms. The molecular weight excluding hydrogens is 221 g/mol. The Hall–Kier alpha value is -1.23. The summed E-state index contributed by atoms with van der Waals surface area (Å²) in [7, 11) is 0. The summed E-state index contributed by atoms with van der Waals surface area (Å²) < 4.78 is 18.9. The molecule has 1 aliphatic rings. The van der Waals surface area contributed by atoms with Crippen molar-refractivity contribution in [2.45, 2.75) is 38.6 Å². The maximum Gasteiger partial charge on any atom is 0.253 e. The lowest BCUT2D eigenvalue weighted by Crippen LogP contribution is -2.35. The summed E-state index contributed by atoms with van der Waals surface area (Å²) in [5.74, 6) is -0.391. The number of hydrogen-bond acceptors (Lipinski definition) is 4. The van der Waals surface area contributed by atoms with Crippen LogP contribution in [-0.4, -0.2) is 29.2 Å². The first-order chi connectivity index (χ1) is 8.27. The zero-order chi connectivity index (χ0) is 12.1. The third kappa shape index (κ3) is 3.36. The van der Waals surface area contributed by atoms with Crippen molar-refractivity contribution in [1.29, 1.82) is 0 Å². The van der Waals surface area contributed by atoms with Gasteiger partial charge in [-0.15, -0.1) is 0 Å². The van der Waals surface area contributed by atoms with Crippen LogP contribution in [-0.2, 0) is 0 Å². The van der Waals surface area contributed by atoms with Crippen LogP contribution in [0.4, 0.5) is 4.39 Å². The topological polar surface area (TPSA) is 47.0 Å². The quantitative estimate of drug-likeness (QED) is 0.870. The Morgan fingerprint density at radius 2 is 2.35 bits per heavy atom. The largest absolute Gasteiger partial charge is 0.475 e. The van der Waals surface area contributed by atoms with Gasteiger partial charge in [0, 0.05) is 6.04 Å². The molecule has 1 aliphatic heterocycles. The molecule has 0 aromatic carbocycles. The highest BCUT2D eigenvalue weighted by molar-refractivity contribution is 5.15. The predicted octanol–water partition coefficient (Wildman–Crippen LogP) is 1.84. The number of hydrogen-bond donors (Lipinski definition) is 1. The van der Waals surface area contributed by atoms with E-state index in [0.29, 0.717) is 18.3 Å². The standard InChI is InChI=1S/C12H18FN3O/c1-9-11(13)12(16-8-15-9)17-7-5-10-4-2-3-6-14-10/h8,10,14H,2-7H2,1H3. The molecule has 0 saturated carbocycles. The molecule has 0 radical (unpaired) electrons. The van der Waals surface area contributed by atoms with Gasteiger partial charge in [0.1, 0.15) is 6.33 Å². The van der Waals surface area contributed by atoms with E-state index in [4.69, 9.17) is 4.74 Å². The van der Waals surface area contributed by atoms with E-state index >= 15 is 0 Å². The number of piperidine rings is 1. The molecular formula is C12H18FN3O. The highest BCUT2D eigenvalue weighted by Gasteiger charge is 2.13. The first-order valence-corrected chi connectivity index (χ1v) is 6.10. The second kappa shape index (κ2) is 5.91. The number of ether oxygens (including phenoxy) is 1. The number of nitrogens with one attached hydrogen (secondary N) is 1. The summed E-state index contributed by atoms with van der Waals surface area (Å²) in [6, 6.07) is 0.495. The lowest BCUT2D eigenvalue weighted by Gasteiger charge is -2.23. The fourth-order valence-electron chi connectivity index (χ4n) is 2.00. The Labute approximate surface area is 101 Å². The summed E-state index contributed by atoms with van der Waals surface area (Å²) in [6.07, 6.45) is 5.90. The van der Waals surface area contributed by atoms with Crippen LogP contribution >= 0.6 is 0 Å². The predicted molar refractivity (Wildman–Crippen MR) is 62.5 cm³/mol. The van der Waals surface area contributed by atoms with Gasteiger partial charge in [-0.2, -0.15) is 9.37 Å². The summed E-state index contributed by atoms with van der Waals surface area (Å²) in [6.45, 7) is 3.17. The van der Waals surface area contributed by atoms with Crippen molar-refractivity contribution < 1.29 is 9.13 Å². The van der Waals surface area contributed by atoms with Crippen LogP contribution in [0, 0.1) is 12.7 Å². The van der Waals surface area contributed by atoms with Crippen molar-refractivity contribution in [3.63, 3.8) is 0 Å². The summed E-state index contributed by atoms with van der Waals surface area (Å²) >= 11 is 0. The molecule has 17 heavy (non-hydrogen) atoms. The van der Waals surface area contributed by atoms with Gasteiger partial charge in [-0.1, -0.05) is 6.42 Å². The third-order valence-electron chi connectivity index (χ3n) is 3.05. The zero-order valence-corrected chi connectivity index (χ0v) is 10.1. The van der Waals surface area contributed by atoms with E-state index in [1.165, 1.54) is 25.6 Å². The van der Waals surface area contributed by atoms with Crippen LogP contribution in [0.25, 0.3) is 0 Å². The maximum absolute atomic E-state index is 13.5. The normalized spacial score (nSPS) is 20.2. The Balaban J connectivity index is 1.79. The van der Waals surface area contributed by atoms with E-state index in [-0.39, 0.29) is 5.88 Å². The van der Waals surface area contributed by atoms with Gasteiger partial charge < -0.3 is 10.1 Å². The highest BCUT2D eigenvalue weighted by Crippen LogP contribution is 2.15. The molecule has 4 nitrogen and oxygen atoms in total. The molecule has 0 bridgehead atoms. The van der Waals surface area contributed by atoms with Crippen molar-refractivity contribution in [1.82, 2.24) is 15.3 Å². The minimum atomic E-state index is -0.455. The molecule has 0 amide bonds. The molecule has 2 heterocycles. The van der Waals surface area contributed by atoms with E-state index in [2.05, 4.69) is 15.3 Å². The van der Waals surface area contributed by atoms with Crippen molar-refractivity contribution in [3.05, 3.63) is 17.8 Å². The van der Waals surface area contributed by atoms with Crippen molar-refractivity contribution in [3.8, 4) is 5.88 Å². The van der Waals surface area contributed by atoms with E-state index in [1.54, 1.807) is 6.92 Å². The molecule has 1 atom stereocenters. The van der Waals surface area contributed by atoms with Gasteiger partial charge in [-0.05, 0) is 32.7 Å². The first kappa shape index (κ1) is 12.2. The second-order valence-corrected chi connectivity index (χ2v) is 4.36. The Kier molecular flexibility index (Phi) is 4.25. The van der Waals surface area contributed by atoms with Crippen LogP contribution in [0.5, 0.6) is 5.88 Å². The van der Waals surface area contributed by atoms with Gasteiger partial charge in [0.25, 0.3) is 5.88 Å². The van der Waals surface area contributed by atoms with E-state index in [9.17, 15) is 4.39 Å². The fourth-order valence-corrected chi connectivity index (χ4v) is 2.00. The van der Waals surface area contributed by atoms with Gasteiger partial charge in [0.2, 0.25) is 5.82 Å². The fraction of sp³-hybridized carbons (Fsp3) is 0.667. The van der Waals surface area contributed by atoms with Crippen LogP contribution in [0.3, 0.4) is 0 Å². The van der Waals surface area contributed by atoms with Crippen molar-refractivity contribution in [2.24, 2.45) is 0 Å². The second-order valence-electron chi connectivity index (χ2n) is 4.36. The van der Waals surface area contributed by atoms with Crippen LogP contribution in [0.2, 0.25) is 0 Å². The van der Waals surface area contributed by atoms with E-state index in [0.717, 1.165) is 13.0 Å². The minimum absolute atomic E-state index is 0.0632. The van der Waals surface area contributed by atoms with Crippen molar-refractivity contribution >= 4 is 0 Å². The first-order valence-electron chi connectivity index (χ1n) is 6.10. The summed E-state index contributed by atoms with van der Waals surface area (Å²) in [5, 5.41) is 3.42. The molecule has 5 heteroatoms. The van der Waals surface area contributed by atoms with Gasteiger partial charge in [0.05, 0.1) is 12.3 Å². The molecule has 1 aromatic rings. The van der Waals surface area contributed by atoms with Gasteiger partial charge >= 0.3 is 0 Å². The molecule has 1 aromatic heterocycles. The average molecular weight is 239 g/mol. The molecule has 1 N–H and O–H groups in total. The smallest absolute Gasteiger partial charge is 0.253 e. The van der Waals surface area contributed by atoms with Crippen LogP contribution in [0.15, 0.2) is 6.33 Å². The number of aromatic nitrogens is 2. The summed E-state index contributed by atoms with van der Waals surface area (Å²) in [4.78, 5) is 7.55. The van der Waals surface area contributed by atoms with Crippen LogP contribution in [0.1, 0.15) is 31.4 Å². The summed E-state index contributed by atoms with van der Waals surface area (Å²) in [5.41, 5.74) is 0.325. The number of nitrogens with zero attached hydrogens (tertiary/aromatic N) is 2. The number of rotatable bonds is 4. The lowest BCUT2D eigenvalue weighted by molar-refractivity contribution is 0.249. The van der Waals surface area contributed by atoms with Gasteiger partial charge in [0.15, 0.2) is 0 Å². The Morgan fingerprint density at radius 1 is 1.47 bits per heavy atom. The Morgan fingerprint density at radius 3 is 3.12 bits per heavy atom. The molecule has 94 valence electrons. The maximum atomic E-state index is 13.5. The molecule has 1 saturated heterocycles. The van der Waals surface area contributed by atoms with E-state index in [1.807, 2.05) is 0 Å². The highest BCUT2D eigenvalue weighted by atomic mass is 19.1. The Bertz CT molecular complexity index is 367.